The van der Waals surface area contributed by atoms with Gasteiger partial charge in [0, 0.05) is 32.2 Å². The van der Waals surface area contributed by atoms with E-state index in [2.05, 4.69) is 17.4 Å². The first-order valence-electron chi connectivity index (χ1n) is 10.9. The van der Waals surface area contributed by atoms with Crippen LogP contribution in [0.4, 0.5) is 5.69 Å². The van der Waals surface area contributed by atoms with Crippen molar-refractivity contribution >= 4 is 21.6 Å². The van der Waals surface area contributed by atoms with Crippen LogP contribution in [0.25, 0.3) is 0 Å². The Morgan fingerprint density at radius 3 is 2.31 bits per heavy atom. The van der Waals surface area contributed by atoms with Gasteiger partial charge >= 0.3 is 0 Å². The standard InChI is InChI=1S/C24H32N2O5S/c1-4-22(31-21-12-10-20(11-13-21)26(2)32(3,28)29)23(27)25-18-24(14-16-30-17-15-24)19-8-6-5-7-9-19/h5-13,22H,4,14-18H2,1-3H3,(H,25,27)/t22-/m0/s1. The van der Waals surface area contributed by atoms with Gasteiger partial charge in [0.25, 0.3) is 5.91 Å². The molecule has 1 amide bonds. The van der Waals surface area contributed by atoms with Crippen LogP contribution in [-0.4, -0.2) is 53.5 Å². The number of rotatable bonds is 9. The van der Waals surface area contributed by atoms with Crippen LogP contribution < -0.4 is 14.4 Å². The van der Waals surface area contributed by atoms with Crippen LogP contribution in [0.1, 0.15) is 31.7 Å². The van der Waals surface area contributed by atoms with E-state index in [1.807, 2.05) is 25.1 Å². The van der Waals surface area contributed by atoms with Gasteiger partial charge in [0.1, 0.15) is 5.75 Å². The van der Waals surface area contributed by atoms with Crippen molar-refractivity contribution in [2.24, 2.45) is 0 Å². The third-order valence-corrected chi connectivity index (χ3v) is 7.28. The van der Waals surface area contributed by atoms with Crippen molar-refractivity contribution in [3.05, 3.63) is 60.2 Å². The van der Waals surface area contributed by atoms with Crippen LogP contribution in [0, 0.1) is 0 Å². The van der Waals surface area contributed by atoms with E-state index < -0.39 is 16.1 Å². The van der Waals surface area contributed by atoms with Gasteiger partial charge in [0.2, 0.25) is 10.0 Å². The fourth-order valence-corrected chi connectivity index (χ4v) is 4.41. The van der Waals surface area contributed by atoms with Gasteiger partial charge in [-0.15, -0.1) is 0 Å². The molecular formula is C24H32N2O5S. The molecule has 2 aromatic rings. The highest BCUT2D eigenvalue weighted by Crippen LogP contribution is 2.34. The molecule has 174 valence electrons. The van der Waals surface area contributed by atoms with Crippen molar-refractivity contribution in [1.82, 2.24) is 5.32 Å². The van der Waals surface area contributed by atoms with Crippen molar-refractivity contribution in [2.45, 2.75) is 37.7 Å². The number of ether oxygens (including phenoxy) is 2. The molecule has 0 radical (unpaired) electrons. The summed E-state index contributed by atoms with van der Waals surface area (Å²) in [6, 6.07) is 16.9. The first kappa shape index (κ1) is 24.1. The lowest BCUT2D eigenvalue weighted by molar-refractivity contribution is -0.128. The van der Waals surface area contributed by atoms with Crippen LogP contribution in [0.15, 0.2) is 54.6 Å². The van der Waals surface area contributed by atoms with Crippen molar-refractivity contribution in [1.29, 1.82) is 0 Å². The number of hydrogen-bond donors (Lipinski definition) is 1. The number of nitrogens with one attached hydrogen (secondary N) is 1. The molecule has 1 N–H and O–H groups in total. The minimum atomic E-state index is -3.34. The minimum absolute atomic E-state index is 0.147. The number of amides is 1. The molecular weight excluding hydrogens is 428 g/mol. The molecule has 7 nitrogen and oxygen atoms in total. The molecule has 0 aromatic heterocycles. The van der Waals surface area contributed by atoms with E-state index in [0.717, 1.165) is 19.1 Å². The minimum Gasteiger partial charge on any atom is -0.481 e. The summed E-state index contributed by atoms with van der Waals surface area (Å²) in [5.74, 6) is 0.355. The fourth-order valence-electron chi connectivity index (χ4n) is 3.90. The Balaban J connectivity index is 1.65. The topological polar surface area (TPSA) is 84.9 Å². The van der Waals surface area contributed by atoms with Crippen LogP contribution in [0.2, 0.25) is 0 Å². The lowest BCUT2D eigenvalue weighted by Gasteiger charge is -2.38. The highest BCUT2D eigenvalue weighted by Gasteiger charge is 2.35. The number of sulfonamides is 1. The van der Waals surface area contributed by atoms with Crippen molar-refractivity contribution in [2.75, 3.05) is 37.4 Å². The maximum atomic E-state index is 12.9. The Morgan fingerprint density at radius 1 is 1.12 bits per heavy atom. The first-order valence-corrected chi connectivity index (χ1v) is 12.7. The molecule has 0 bridgehead atoms. The van der Waals surface area contributed by atoms with Gasteiger partial charge in [-0.1, -0.05) is 37.3 Å². The molecule has 0 aliphatic carbocycles. The SMILES string of the molecule is CC[C@H](Oc1ccc(N(C)S(C)(=O)=O)cc1)C(=O)NCC1(c2ccccc2)CCOCC1. The van der Waals surface area contributed by atoms with Gasteiger partial charge in [-0.2, -0.15) is 0 Å². The molecule has 0 saturated carbocycles. The number of carbonyl (C=O) groups is 1. The average Bonchev–Trinajstić information content (AvgIpc) is 2.81. The van der Waals surface area contributed by atoms with Gasteiger partial charge in [-0.25, -0.2) is 8.42 Å². The molecule has 8 heteroatoms. The van der Waals surface area contributed by atoms with Gasteiger partial charge < -0.3 is 14.8 Å². The Morgan fingerprint density at radius 2 is 1.75 bits per heavy atom. The maximum absolute atomic E-state index is 12.9. The van der Waals surface area contributed by atoms with E-state index in [1.165, 1.54) is 16.9 Å². The quantitative estimate of drug-likeness (QED) is 0.622. The fraction of sp³-hybridized carbons (Fsp3) is 0.458. The third-order valence-electron chi connectivity index (χ3n) is 6.08. The number of anilines is 1. The summed E-state index contributed by atoms with van der Waals surface area (Å²) in [6.07, 6.45) is 2.73. The number of nitrogens with zero attached hydrogens (tertiary/aromatic N) is 1. The van der Waals surface area contributed by atoms with Gasteiger partial charge in [-0.05, 0) is 49.1 Å². The predicted octanol–water partition coefficient (Wildman–Crippen LogP) is 3.10. The second-order valence-corrected chi connectivity index (χ2v) is 10.2. The molecule has 0 spiro atoms. The number of carbonyl (C=O) groups excluding carboxylic acids is 1. The van der Waals surface area contributed by atoms with E-state index in [9.17, 15) is 13.2 Å². The molecule has 3 rings (SSSR count). The maximum Gasteiger partial charge on any atom is 0.261 e. The molecule has 32 heavy (non-hydrogen) atoms. The zero-order valence-corrected chi connectivity index (χ0v) is 19.7. The van der Waals surface area contributed by atoms with E-state index in [-0.39, 0.29) is 11.3 Å². The molecule has 1 aliphatic rings. The van der Waals surface area contributed by atoms with Crippen LogP contribution >= 0.6 is 0 Å². The third kappa shape index (κ3) is 5.81. The monoisotopic (exact) mass is 460 g/mol. The molecule has 1 aliphatic heterocycles. The smallest absolute Gasteiger partial charge is 0.261 e. The van der Waals surface area contributed by atoms with E-state index >= 15 is 0 Å². The van der Waals surface area contributed by atoms with E-state index in [4.69, 9.17) is 9.47 Å². The van der Waals surface area contributed by atoms with Gasteiger partial charge in [-0.3, -0.25) is 9.10 Å². The van der Waals surface area contributed by atoms with Crippen LogP contribution in [-0.2, 0) is 25.0 Å². The van der Waals surface area contributed by atoms with Gasteiger partial charge in [0.15, 0.2) is 6.10 Å². The molecule has 1 fully saturated rings. The molecule has 0 unspecified atom stereocenters. The molecule has 1 atom stereocenters. The van der Waals surface area contributed by atoms with Crippen molar-refractivity contribution in [3.63, 3.8) is 0 Å². The summed E-state index contributed by atoms with van der Waals surface area (Å²) < 4.78 is 36.1. The summed E-state index contributed by atoms with van der Waals surface area (Å²) in [5.41, 5.74) is 1.59. The van der Waals surface area contributed by atoms with Crippen LogP contribution in [0.5, 0.6) is 5.75 Å². The summed E-state index contributed by atoms with van der Waals surface area (Å²) in [4.78, 5) is 12.9. The number of hydrogen-bond acceptors (Lipinski definition) is 5. The first-order chi connectivity index (χ1) is 15.2. The number of benzene rings is 2. The van der Waals surface area contributed by atoms with Crippen LogP contribution in [0.3, 0.4) is 0 Å². The second kappa shape index (κ2) is 10.4. The molecule has 2 aromatic carbocycles. The summed E-state index contributed by atoms with van der Waals surface area (Å²) in [7, 11) is -1.84. The largest absolute Gasteiger partial charge is 0.481 e. The highest BCUT2D eigenvalue weighted by molar-refractivity contribution is 7.92. The zero-order chi connectivity index (χ0) is 23.2. The Kier molecular flexibility index (Phi) is 7.79. The Hall–Kier alpha value is -2.58. The van der Waals surface area contributed by atoms with E-state index in [1.54, 1.807) is 24.3 Å². The van der Waals surface area contributed by atoms with E-state index in [0.29, 0.717) is 37.6 Å². The molecule has 1 heterocycles. The lowest BCUT2D eigenvalue weighted by Crippen LogP contribution is -2.48. The Bertz CT molecular complexity index is 987. The normalized spacial score (nSPS) is 16.7. The zero-order valence-electron chi connectivity index (χ0n) is 18.9. The van der Waals surface area contributed by atoms with Gasteiger partial charge in [0.05, 0.1) is 11.9 Å². The Labute approximate surface area is 190 Å². The summed E-state index contributed by atoms with van der Waals surface area (Å²) in [5, 5.41) is 3.11. The van der Waals surface area contributed by atoms with Crippen molar-refractivity contribution in [3.8, 4) is 5.75 Å². The average molecular weight is 461 g/mol. The predicted molar refractivity (Wildman–Crippen MR) is 126 cm³/mol. The summed E-state index contributed by atoms with van der Waals surface area (Å²) in [6.45, 7) is 3.77. The summed E-state index contributed by atoms with van der Waals surface area (Å²) >= 11 is 0. The van der Waals surface area contributed by atoms with Crippen molar-refractivity contribution < 1.29 is 22.7 Å². The lowest BCUT2D eigenvalue weighted by atomic mass is 9.74. The highest BCUT2D eigenvalue weighted by atomic mass is 32.2. The molecule has 1 saturated heterocycles. The second-order valence-electron chi connectivity index (χ2n) is 8.22.